The van der Waals surface area contributed by atoms with Crippen molar-refractivity contribution in [2.24, 2.45) is 5.73 Å². The summed E-state index contributed by atoms with van der Waals surface area (Å²) in [6.07, 6.45) is 1.57. The molecule has 35 heavy (non-hydrogen) atoms. The molecule has 1 saturated heterocycles. The lowest BCUT2D eigenvalue weighted by atomic mass is 10.0. The number of aliphatic hydroxyl groups is 1. The highest BCUT2D eigenvalue weighted by Gasteiger charge is 2.38. The van der Waals surface area contributed by atoms with Gasteiger partial charge >= 0.3 is 5.97 Å². The van der Waals surface area contributed by atoms with Gasteiger partial charge in [0.15, 0.2) is 0 Å². The number of nitrogens with zero attached hydrogens (tertiary/aromatic N) is 1. The van der Waals surface area contributed by atoms with Crippen LogP contribution in [0.15, 0.2) is 30.5 Å². The fourth-order valence-corrected chi connectivity index (χ4v) is 4.41. The number of thiol groups is 1. The largest absolute Gasteiger partial charge is 0.480 e. The predicted octanol–water partition coefficient (Wildman–Crippen LogP) is -0.606. The van der Waals surface area contributed by atoms with Gasteiger partial charge in [0.2, 0.25) is 17.7 Å². The summed E-state index contributed by atoms with van der Waals surface area (Å²) < 4.78 is 0. The van der Waals surface area contributed by atoms with Gasteiger partial charge in [0.1, 0.15) is 24.2 Å². The Morgan fingerprint density at radius 3 is 2.54 bits per heavy atom. The molecular formula is C23H31N5O6S. The van der Waals surface area contributed by atoms with Crippen LogP contribution in [0, 0.1) is 0 Å². The molecule has 0 saturated carbocycles. The molecule has 1 fully saturated rings. The third-order valence-corrected chi connectivity index (χ3v) is 6.54. The molecule has 1 aliphatic heterocycles. The smallest absolute Gasteiger partial charge is 0.326 e. The molecule has 0 aliphatic carbocycles. The van der Waals surface area contributed by atoms with Crippen LogP contribution in [-0.4, -0.2) is 86.4 Å². The van der Waals surface area contributed by atoms with Gasteiger partial charge in [-0.2, -0.15) is 12.6 Å². The number of carboxylic acid groups (broad SMARTS) is 1. The average molecular weight is 506 g/mol. The second-order valence-electron chi connectivity index (χ2n) is 8.66. The summed E-state index contributed by atoms with van der Waals surface area (Å²) in [5, 5.41) is 25.1. The molecule has 1 aromatic heterocycles. The van der Waals surface area contributed by atoms with E-state index in [1.807, 2.05) is 24.3 Å². The Morgan fingerprint density at radius 2 is 1.89 bits per heavy atom. The van der Waals surface area contributed by atoms with Gasteiger partial charge in [0.25, 0.3) is 0 Å². The zero-order chi connectivity index (χ0) is 25.7. The topological polar surface area (TPSA) is 178 Å². The number of carbonyl (C=O) groups excluding carboxylic acids is 3. The van der Waals surface area contributed by atoms with Gasteiger partial charge in [-0.3, -0.25) is 14.4 Å². The molecule has 2 heterocycles. The molecule has 190 valence electrons. The first-order chi connectivity index (χ1) is 16.6. The van der Waals surface area contributed by atoms with Crippen molar-refractivity contribution >= 4 is 47.2 Å². The van der Waals surface area contributed by atoms with Gasteiger partial charge in [-0.1, -0.05) is 18.2 Å². The number of para-hydroxylation sites is 1. The van der Waals surface area contributed by atoms with Crippen molar-refractivity contribution < 1.29 is 29.4 Å². The van der Waals surface area contributed by atoms with E-state index in [2.05, 4.69) is 28.2 Å². The van der Waals surface area contributed by atoms with Crippen LogP contribution >= 0.6 is 12.6 Å². The molecule has 5 atom stereocenters. The van der Waals surface area contributed by atoms with E-state index in [4.69, 9.17) is 5.73 Å². The second-order valence-corrected chi connectivity index (χ2v) is 9.03. The first-order valence-corrected chi connectivity index (χ1v) is 12.0. The molecule has 0 radical (unpaired) electrons. The van der Waals surface area contributed by atoms with Gasteiger partial charge in [-0.15, -0.1) is 0 Å². The normalized spacial score (nSPS) is 19.1. The zero-order valence-electron chi connectivity index (χ0n) is 19.3. The number of aliphatic carboxylic acids is 1. The van der Waals surface area contributed by atoms with E-state index in [0.29, 0.717) is 12.8 Å². The Hall–Kier alpha value is -3.09. The lowest BCUT2D eigenvalue weighted by molar-refractivity contribution is -0.149. The van der Waals surface area contributed by atoms with Crippen LogP contribution in [0.1, 0.15) is 25.3 Å². The van der Waals surface area contributed by atoms with Crippen LogP contribution in [0.3, 0.4) is 0 Å². The number of fused-ring (bicyclic) bond motifs is 1. The molecule has 3 amide bonds. The maximum absolute atomic E-state index is 13.3. The number of carbonyl (C=O) groups is 4. The molecule has 7 N–H and O–H groups in total. The summed E-state index contributed by atoms with van der Waals surface area (Å²) in [7, 11) is 0. The number of nitrogens with one attached hydrogen (secondary N) is 3. The molecule has 11 nitrogen and oxygen atoms in total. The molecule has 1 aromatic carbocycles. The Balaban J connectivity index is 1.81. The third kappa shape index (κ3) is 6.13. The van der Waals surface area contributed by atoms with Crippen LogP contribution in [0.5, 0.6) is 0 Å². The summed E-state index contributed by atoms with van der Waals surface area (Å²) in [6, 6.07) is 3.06. The van der Waals surface area contributed by atoms with Crippen LogP contribution in [0.2, 0.25) is 0 Å². The number of aromatic amines is 1. The van der Waals surface area contributed by atoms with Crippen molar-refractivity contribution in [3.05, 3.63) is 36.0 Å². The molecular weight excluding hydrogens is 474 g/mol. The van der Waals surface area contributed by atoms with E-state index in [9.17, 15) is 29.4 Å². The Kier molecular flexibility index (Phi) is 8.76. The molecule has 2 aromatic rings. The Morgan fingerprint density at radius 1 is 1.20 bits per heavy atom. The molecule has 0 bridgehead atoms. The van der Waals surface area contributed by atoms with Crippen LogP contribution in [0.25, 0.3) is 10.9 Å². The Bertz CT molecular complexity index is 1090. The van der Waals surface area contributed by atoms with Gasteiger partial charge in [-0.05, 0) is 31.4 Å². The van der Waals surface area contributed by atoms with Crippen molar-refractivity contribution in [1.29, 1.82) is 0 Å². The van der Waals surface area contributed by atoms with E-state index >= 15 is 0 Å². The minimum atomic E-state index is -1.25. The lowest BCUT2D eigenvalue weighted by Crippen LogP contribution is -2.59. The number of aliphatic hydroxyl groups excluding tert-OH is 1. The molecule has 5 unspecified atom stereocenters. The highest BCUT2D eigenvalue weighted by molar-refractivity contribution is 7.80. The first kappa shape index (κ1) is 26.5. The van der Waals surface area contributed by atoms with E-state index in [1.54, 1.807) is 6.20 Å². The maximum Gasteiger partial charge on any atom is 0.326 e. The quantitative estimate of drug-likeness (QED) is 0.211. The summed E-state index contributed by atoms with van der Waals surface area (Å²) >= 11 is 4.18. The van der Waals surface area contributed by atoms with E-state index < -0.39 is 54.0 Å². The molecule has 3 rings (SSSR count). The fourth-order valence-electron chi connectivity index (χ4n) is 4.16. The Labute approximate surface area is 207 Å². The minimum Gasteiger partial charge on any atom is -0.480 e. The van der Waals surface area contributed by atoms with Gasteiger partial charge in [0, 0.05) is 35.8 Å². The minimum absolute atomic E-state index is 0.0612. The maximum atomic E-state index is 13.3. The standard InChI is InChI=1S/C23H31N5O6S/c1-12(29)19(24)21(31)26-16(9-13-10-25-15-6-3-2-5-14(13)15)20(30)27-17(11-35)22(32)28-8-4-7-18(28)23(33)34/h2-3,5-6,10,12,16-19,25,29,35H,4,7-9,11,24H2,1H3,(H,26,31)(H,27,30)(H,33,34). The number of carboxylic acids is 1. The molecule has 12 heteroatoms. The number of hydrogen-bond donors (Lipinski definition) is 7. The number of likely N-dealkylation sites (tertiary alicyclic amines) is 1. The van der Waals surface area contributed by atoms with Crippen LogP contribution < -0.4 is 16.4 Å². The second kappa shape index (κ2) is 11.6. The summed E-state index contributed by atoms with van der Waals surface area (Å²) in [5.41, 5.74) is 7.35. The van der Waals surface area contributed by atoms with E-state index in [1.165, 1.54) is 11.8 Å². The number of aromatic nitrogens is 1. The van der Waals surface area contributed by atoms with Crippen molar-refractivity contribution in [1.82, 2.24) is 20.5 Å². The lowest BCUT2D eigenvalue weighted by Gasteiger charge is -2.28. The number of hydrogen-bond acceptors (Lipinski definition) is 7. The molecule has 0 spiro atoms. The number of amides is 3. The number of nitrogens with two attached hydrogens (primary N) is 1. The number of benzene rings is 1. The van der Waals surface area contributed by atoms with E-state index in [0.717, 1.165) is 16.5 Å². The third-order valence-electron chi connectivity index (χ3n) is 6.17. The van der Waals surface area contributed by atoms with Crippen molar-refractivity contribution in [3.63, 3.8) is 0 Å². The van der Waals surface area contributed by atoms with Crippen LogP contribution in [-0.2, 0) is 25.6 Å². The highest BCUT2D eigenvalue weighted by Crippen LogP contribution is 2.21. The van der Waals surface area contributed by atoms with Crippen LogP contribution in [0.4, 0.5) is 0 Å². The first-order valence-electron chi connectivity index (χ1n) is 11.4. The van der Waals surface area contributed by atoms with Gasteiger partial charge in [-0.25, -0.2) is 4.79 Å². The zero-order valence-corrected chi connectivity index (χ0v) is 20.2. The fraction of sp³-hybridized carbons (Fsp3) is 0.478. The number of H-pyrrole nitrogens is 1. The average Bonchev–Trinajstić information content (AvgIpc) is 3.48. The summed E-state index contributed by atoms with van der Waals surface area (Å²) in [5.74, 6) is -3.08. The summed E-state index contributed by atoms with van der Waals surface area (Å²) in [6.45, 7) is 1.64. The van der Waals surface area contributed by atoms with Gasteiger partial charge in [0.05, 0.1) is 6.10 Å². The molecule has 1 aliphatic rings. The van der Waals surface area contributed by atoms with Crippen molar-refractivity contribution in [2.45, 2.75) is 56.5 Å². The highest BCUT2D eigenvalue weighted by atomic mass is 32.1. The van der Waals surface area contributed by atoms with Gasteiger partial charge < -0.3 is 36.5 Å². The van der Waals surface area contributed by atoms with E-state index in [-0.39, 0.29) is 18.7 Å². The monoisotopic (exact) mass is 505 g/mol. The summed E-state index contributed by atoms with van der Waals surface area (Å²) in [4.78, 5) is 54.7. The number of rotatable bonds is 10. The predicted molar refractivity (Wildman–Crippen MR) is 132 cm³/mol. The van der Waals surface area contributed by atoms with Crippen molar-refractivity contribution in [2.75, 3.05) is 12.3 Å². The SMILES string of the molecule is CC(O)C(N)C(=O)NC(Cc1c[nH]c2ccccc12)C(=O)NC(CS)C(=O)N1CCCC1C(=O)O. The van der Waals surface area contributed by atoms with Crippen molar-refractivity contribution in [3.8, 4) is 0 Å².